The number of piperazine rings is 1. The lowest BCUT2D eigenvalue weighted by Gasteiger charge is -2.35. The van der Waals surface area contributed by atoms with Gasteiger partial charge < -0.3 is 24.5 Å². The van der Waals surface area contributed by atoms with Gasteiger partial charge in [-0.05, 0) is 38.4 Å². The molecule has 2 aromatic rings. The van der Waals surface area contributed by atoms with Crippen molar-refractivity contribution in [2.24, 2.45) is 0 Å². The molecule has 1 saturated carbocycles. The van der Waals surface area contributed by atoms with Gasteiger partial charge in [0.15, 0.2) is 5.58 Å². The molecule has 4 rings (SSSR count). The quantitative estimate of drug-likeness (QED) is 0.824. The van der Waals surface area contributed by atoms with Gasteiger partial charge in [-0.3, -0.25) is 0 Å². The molecule has 1 aromatic heterocycles. The van der Waals surface area contributed by atoms with E-state index in [9.17, 15) is 4.79 Å². The van der Waals surface area contributed by atoms with Gasteiger partial charge in [-0.2, -0.15) is 0 Å². The zero-order chi connectivity index (χ0) is 21.5. The lowest BCUT2D eigenvalue weighted by Crippen LogP contribution is -2.46. The second-order valence-electron chi connectivity index (χ2n) is 8.55. The molecule has 166 valence electrons. The Labute approximate surface area is 180 Å². The summed E-state index contributed by atoms with van der Waals surface area (Å²) >= 11 is 0. The van der Waals surface area contributed by atoms with Crippen LogP contribution in [-0.2, 0) is 0 Å². The maximum Gasteiger partial charge on any atom is 0.317 e. The Morgan fingerprint density at radius 2 is 1.87 bits per heavy atom. The van der Waals surface area contributed by atoms with Crippen LogP contribution in [-0.4, -0.2) is 73.8 Å². The number of nitrogens with zero attached hydrogens (tertiary/aromatic N) is 4. The second kappa shape index (κ2) is 10.7. The van der Waals surface area contributed by atoms with Crippen molar-refractivity contribution >= 4 is 22.7 Å². The number of rotatable bonds is 3. The Bertz CT molecular complexity index is 805. The van der Waals surface area contributed by atoms with Gasteiger partial charge in [0.05, 0.1) is 5.69 Å². The zero-order valence-corrected chi connectivity index (χ0v) is 19.0. The number of carbonyl (C=O) groups excluding carboxylic acids is 1. The van der Waals surface area contributed by atoms with Gasteiger partial charge in [0.1, 0.15) is 0 Å². The van der Waals surface area contributed by atoms with Gasteiger partial charge in [-0.15, -0.1) is 0 Å². The van der Waals surface area contributed by atoms with E-state index in [2.05, 4.69) is 45.4 Å². The number of carbonyl (C=O) groups is 1. The third kappa shape index (κ3) is 5.88. The normalized spacial score (nSPS) is 18.1. The average molecular weight is 416 g/mol. The summed E-state index contributed by atoms with van der Waals surface area (Å²) < 4.78 is 5.34. The minimum Gasteiger partial charge on any atom is -0.369 e. The van der Waals surface area contributed by atoms with E-state index in [-0.39, 0.29) is 6.03 Å². The highest BCUT2D eigenvalue weighted by Crippen LogP contribution is 2.25. The first kappa shape index (κ1) is 22.4. The average Bonchev–Trinajstić information content (AvgIpc) is 3.15. The van der Waals surface area contributed by atoms with Crippen molar-refractivity contribution in [1.29, 1.82) is 0 Å². The van der Waals surface area contributed by atoms with Crippen LogP contribution in [0.4, 0.5) is 10.5 Å². The number of hydrogen-bond acceptors (Lipinski definition) is 5. The van der Waals surface area contributed by atoms with E-state index in [1.165, 1.54) is 24.9 Å². The number of amides is 2. The number of hydrogen-bond donors (Lipinski definition) is 1. The van der Waals surface area contributed by atoms with Gasteiger partial charge in [0.2, 0.25) is 0 Å². The summed E-state index contributed by atoms with van der Waals surface area (Å²) in [6, 6.07) is 6.86. The smallest absolute Gasteiger partial charge is 0.317 e. The van der Waals surface area contributed by atoms with Crippen molar-refractivity contribution in [3.05, 3.63) is 23.9 Å². The number of aryl methyl sites for hydroxylation is 1. The van der Waals surface area contributed by atoms with Crippen LogP contribution in [0, 0.1) is 6.92 Å². The maximum atomic E-state index is 11.2. The van der Waals surface area contributed by atoms with E-state index >= 15 is 0 Å². The lowest BCUT2D eigenvalue weighted by molar-refractivity contribution is 0.209. The molecule has 1 aliphatic heterocycles. The van der Waals surface area contributed by atoms with Crippen molar-refractivity contribution < 1.29 is 9.32 Å². The van der Waals surface area contributed by atoms with E-state index < -0.39 is 0 Å². The third-order valence-electron chi connectivity index (χ3n) is 6.16. The Kier molecular flexibility index (Phi) is 7.96. The van der Waals surface area contributed by atoms with Crippen molar-refractivity contribution in [3.8, 4) is 0 Å². The molecule has 7 heteroatoms. The first-order valence-corrected chi connectivity index (χ1v) is 11.3. The number of likely N-dealkylation sites (N-methyl/N-ethyl adjacent to an activating group) is 1. The number of benzene rings is 1. The van der Waals surface area contributed by atoms with Gasteiger partial charge in [-0.1, -0.05) is 31.3 Å². The predicted octanol–water partition coefficient (Wildman–Crippen LogP) is 3.87. The van der Waals surface area contributed by atoms with Gasteiger partial charge >= 0.3 is 6.03 Å². The van der Waals surface area contributed by atoms with Crippen LogP contribution in [0.3, 0.4) is 0 Å². The molecule has 0 atom stereocenters. The van der Waals surface area contributed by atoms with Crippen LogP contribution >= 0.6 is 0 Å². The van der Waals surface area contributed by atoms with Crippen molar-refractivity contribution in [3.63, 3.8) is 0 Å². The summed E-state index contributed by atoms with van der Waals surface area (Å²) in [7, 11) is 3.55. The highest BCUT2D eigenvalue weighted by Gasteiger charge is 2.17. The van der Waals surface area contributed by atoms with Crippen LogP contribution in [0.25, 0.3) is 11.0 Å². The molecule has 0 bridgehead atoms. The highest BCUT2D eigenvalue weighted by atomic mass is 16.5. The van der Waals surface area contributed by atoms with E-state index in [0.29, 0.717) is 6.04 Å². The zero-order valence-electron chi connectivity index (χ0n) is 19.0. The maximum absolute atomic E-state index is 11.2. The molecule has 2 fully saturated rings. The number of nitrogens with one attached hydrogen (secondary N) is 1. The van der Waals surface area contributed by atoms with Crippen molar-refractivity contribution in [2.75, 3.05) is 51.7 Å². The Hall–Kier alpha value is -2.28. The standard InChI is InChI=1S/C14H19N3O.C9H18N2O/c1-3-16-6-8-17(9-7-16)12-4-5-13-11(2)15-18-14(13)10-12;1-11(2)9(12)10-8-6-4-3-5-7-8/h4-5,10H,3,6-9H2,1-2H3;8H,3-7H2,1-2H3,(H,10,12). The molecule has 1 saturated heterocycles. The molecule has 1 aliphatic carbocycles. The van der Waals surface area contributed by atoms with Crippen LogP contribution in [0.1, 0.15) is 44.7 Å². The summed E-state index contributed by atoms with van der Waals surface area (Å²) in [5, 5.41) is 8.13. The summed E-state index contributed by atoms with van der Waals surface area (Å²) in [6.45, 7) is 9.81. The van der Waals surface area contributed by atoms with Crippen molar-refractivity contribution in [1.82, 2.24) is 20.3 Å². The Morgan fingerprint density at radius 1 is 1.17 bits per heavy atom. The highest BCUT2D eigenvalue weighted by molar-refractivity contribution is 5.82. The minimum absolute atomic E-state index is 0.0434. The summed E-state index contributed by atoms with van der Waals surface area (Å²) in [5.74, 6) is 0. The molecular weight excluding hydrogens is 378 g/mol. The fourth-order valence-electron chi connectivity index (χ4n) is 4.12. The summed E-state index contributed by atoms with van der Waals surface area (Å²) in [6.07, 6.45) is 6.16. The molecule has 0 radical (unpaired) electrons. The summed E-state index contributed by atoms with van der Waals surface area (Å²) in [4.78, 5) is 17.7. The predicted molar refractivity (Wildman–Crippen MR) is 122 cm³/mol. The third-order valence-corrected chi connectivity index (χ3v) is 6.16. The number of aromatic nitrogens is 1. The molecule has 2 aliphatic rings. The van der Waals surface area contributed by atoms with Gasteiger partial charge in [0.25, 0.3) is 0 Å². The number of urea groups is 1. The van der Waals surface area contributed by atoms with Crippen LogP contribution in [0.15, 0.2) is 22.7 Å². The van der Waals surface area contributed by atoms with Crippen molar-refractivity contribution in [2.45, 2.75) is 52.0 Å². The topological polar surface area (TPSA) is 64.9 Å². The SMILES string of the molecule is CCN1CCN(c2ccc3c(C)noc3c2)CC1.CN(C)C(=O)NC1CCCCC1. The minimum atomic E-state index is 0.0434. The number of anilines is 1. The van der Waals surface area contributed by atoms with E-state index in [0.717, 1.165) is 62.2 Å². The summed E-state index contributed by atoms with van der Waals surface area (Å²) in [5.41, 5.74) is 3.10. The first-order valence-electron chi connectivity index (χ1n) is 11.3. The second-order valence-corrected chi connectivity index (χ2v) is 8.55. The lowest BCUT2D eigenvalue weighted by atomic mass is 9.96. The molecule has 30 heavy (non-hydrogen) atoms. The van der Waals surface area contributed by atoms with Gasteiger partial charge in [-0.25, -0.2) is 4.79 Å². The Balaban J connectivity index is 0.000000187. The molecule has 2 heterocycles. The fraction of sp³-hybridized carbons (Fsp3) is 0.652. The van der Waals surface area contributed by atoms with Crippen LogP contribution in [0.5, 0.6) is 0 Å². The molecule has 0 spiro atoms. The molecular formula is C23H37N5O2. The molecule has 7 nitrogen and oxygen atoms in total. The molecule has 0 unspecified atom stereocenters. The van der Waals surface area contributed by atoms with Gasteiger partial charge in [0, 0.05) is 63.5 Å². The number of fused-ring (bicyclic) bond motifs is 1. The Morgan fingerprint density at radius 3 is 2.50 bits per heavy atom. The monoisotopic (exact) mass is 415 g/mol. The first-order chi connectivity index (χ1) is 14.5. The van der Waals surface area contributed by atoms with E-state index in [1.54, 1.807) is 19.0 Å². The van der Waals surface area contributed by atoms with Crippen LogP contribution in [0.2, 0.25) is 0 Å². The van der Waals surface area contributed by atoms with Crippen LogP contribution < -0.4 is 10.2 Å². The largest absolute Gasteiger partial charge is 0.369 e. The van der Waals surface area contributed by atoms with E-state index in [1.807, 2.05) is 6.92 Å². The fourth-order valence-corrected chi connectivity index (χ4v) is 4.12. The molecule has 1 aromatic carbocycles. The molecule has 1 N–H and O–H groups in total. The molecule has 2 amide bonds. The van der Waals surface area contributed by atoms with E-state index in [4.69, 9.17) is 4.52 Å².